The number of hydrogen-bond acceptors (Lipinski definition) is 3. The van der Waals surface area contributed by atoms with Crippen LogP contribution in [-0.2, 0) is 16.0 Å². The molecule has 0 spiro atoms. The Hall–Kier alpha value is -2.82. The highest BCUT2D eigenvalue weighted by atomic mass is 16.4. The molecule has 1 amide bonds. The molecule has 1 fully saturated rings. The van der Waals surface area contributed by atoms with E-state index >= 15 is 0 Å². The van der Waals surface area contributed by atoms with Crippen LogP contribution < -0.4 is 10.2 Å². The highest BCUT2D eigenvalue weighted by Gasteiger charge is 2.25. The standard InChI is InChI=1S/C31H44N2O3/c1-5-25(21-31(35)36)26-15-16-29(33(18-17-22(2)3)27-9-7-6-8-10-27)28(20-26)32-30(34)19-24-13-11-23(4)12-14-24/h11-16,20,22,25,27H,5-10,17-19,21H2,1-4H3,(H,32,34)(H,35,36). The average Bonchev–Trinajstić information content (AvgIpc) is 2.85. The van der Waals surface area contributed by atoms with Gasteiger partial charge in [0.25, 0.3) is 0 Å². The molecule has 2 aromatic carbocycles. The number of carbonyl (C=O) groups excluding carboxylic acids is 1. The summed E-state index contributed by atoms with van der Waals surface area (Å²) in [4.78, 5) is 27.2. The van der Waals surface area contributed by atoms with E-state index in [1.165, 1.54) is 37.7 Å². The van der Waals surface area contributed by atoms with Crippen molar-refractivity contribution in [2.45, 2.75) is 97.4 Å². The summed E-state index contributed by atoms with van der Waals surface area (Å²) < 4.78 is 0. The number of aryl methyl sites for hydroxylation is 1. The predicted molar refractivity (Wildman–Crippen MR) is 149 cm³/mol. The van der Waals surface area contributed by atoms with Crippen LogP contribution in [0.1, 0.15) is 94.7 Å². The Morgan fingerprint density at radius 2 is 1.75 bits per heavy atom. The number of rotatable bonds is 12. The maximum atomic E-state index is 13.2. The number of anilines is 2. The van der Waals surface area contributed by atoms with Gasteiger partial charge in [-0.1, -0.05) is 75.9 Å². The van der Waals surface area contributed by atoms with Crippen LogP contribution in [0.25, 0.3) is 0 Å². The van der Waals surface area contributed by atoms with Gasteiger partial charge in [0.1, 0.15) is 0 Å². The van der Waals surface area contributed by atoms with Crippen molar-refractivity contribution < 1.29 is 14.7 Å². The summed E-state index contributed by atoms with van der Waals surface area (Å²) in [5.41, 5.74) is 5.00. The van der Waals surface area contributed by atoms with Crippen molar-refractivity contribution >= 4 is 23.3 Å². The van der Waals surface area contributed by atoms with Crippen molar-refractivity contribution in [1.29, 1.82) is 0 Å². The average molecular weight is 493 g/mol. The summed E-state index contributed by atoms with van der Waals surface area (Å²) in [6.45, 7) is 9.52. The smallest absolute Gasteiger partial charge is 0.303 e. The minimum atomic E-state index is -0.795. The van der Waals surface area contributed by atoms with E-state index in [1.54, 1.807) is 0 Å². The van der Waals surface area contributed by atoms with Gasteiger partial charge >= 0.3 is 5.97 Å². The Morgan fingerprint density at radius 3 is 2.36 bits per heavy atom. The SMILES string of the molecule is CCC(CC(=O)O)c1ccc(N(CCC(C)C)C2CCCCC2)c(NC(=O)Cc2ccc(C)cc2)c1. The van der Waals surface area contributed by atoms with Gasteiger partial charge in [-0.05, 0) is 67.7 Å². The molecule has 5 nitrogen and oxygen atoms in total. The number of nitrogens with one attached hydrogen (secondary N) is 1. The molecule has 0 bridgehead atoms. The third-order valence-electron chi connectivity index (χ3n) is 7.44. The van der Waals surface area contributed by atoms with Gasteiger partial charge in [0.2, 0.25) is 5.91 Å². The molecule has 3 rings (SSSR count). The summed E-state index contributed by atoms with van der Waals surface area (Å²) in [5.74, 6) is -0.328. The van der Waals surface area contributed by atoms with Crippen molar-refractivity contribution in [1.82, 2.24) is 0 Å². The second kappa shape index (κ2) is 13.5. The van der Waals surface area contributed by atoms with E-state index in [0.717, 1.165) is 41.9 Å². The summed E-state index contributed by atoms with van der Waals surface area (Å²) in [5, 5.41) is 12.7. The Bertz CT molecular complexity index is 993. The number of aliphatic carboxylic acids is 1. The van der Waals surface area contributed by atoms with Gasteiger partial charge in [0.15, 0.2) is 0 Å². The lowest BCUT2D eigenvalue weighted by atomic mass is 9.90. The first-order valence-corrected chi connectivity index (χ1v) is 13.7. The summed E-state index contributed by atoms with van der Waals surface area (Å²) >= 11 is 0. The molecule has 1 aliphatic carbocycles. The lowest BCUT2D eigenvalue weighted by Gasteiger charge is -2.38. The zero-order valence-electron chi connectivity index (χ0n) is 22.6. The monoisotopic (exact) mass is 492 g/mol. The molecule has 196 valence electrons. The van der Waals surface area contributed by atoms with Crippen LogP contribution in [0.15, 0.2) is 42.5 Å². The van der Waals surface area contributed by atoms with E-state index in [9.17, 15) is 14.7 Å². The van der Waals surface area contributed by atoms with E-state index in [-0.39, 0.29) is 18.2 Å². The number of carboxylic acid groups (broad SMARTS) is 1. The number of hydrogen-bond donors (Lipinski definition) is 2. The first-order chi connectivity index (χ1) is 17.3. The maximum Gasteiger partial charge on any atom is 0.303 e. The number of benzene rings is 2. The highest BCUT2D eigenvalue weighted by molar-refractivity contribution is 5.96. The van der Waals surface area contributed by atoms with Crippen LogP contribution in [0, 0.1) is 12.8 Å². The summed E-state index contributed by atoms with van der Waals surface area (Å²) in [7, 11) is 0. The summed E-state index contributed by atoms with van der Waals surface area (Å²) in [6.07, 6.45) is 8.35. The Labute approximate surface area is 217 Å². The van der Waals surface area contributed by atoms with Crippen molar-refractivity contribution in [2.24, 2.45) is 5.92 Å². The Balaban J connectivity index is 1.95. The fourth-order valence-corrected chi connectivity index (χ4v) is 5.24. The topological polar surface area (TPSA) is 69.6 Å². The van der Waals surface area contributed by atoms with Crippen LogP contribution in [0.3, 0.4) is 0 Å². The van der Waals surface area contributed by atoms with Gasteiger partial charge in [-0.25, -0.2) is 0 Å². The minimum Gasteiger partial charge on any atom is -0.481 e. The van der Waals surface area contributed by atoms with Gasteiger partial charge in [0.05, 0.1) is 24.2 Å². The maximum absolute atomic E-state index is 13.2. The third kappa shape index (κ3) is 8.11. The van der Waals surface area contributed by atoms with Crippen molar-refractivity contribution in [3.8, 4) is 0 Å². The van der Waals surface area contributed by atoms with E-state index in [1.807, 2.05) is 44.2 Å². The molecule has 0 aliphatic heterocycles. The number of amides is 1. The van der Waals surface area contributed by atoms with Gasteiger partial charge in [-0.2, -0.15) is 0 Å². The van der Waals surface area contributed by atoms with Crippen LogP contribution in [0.2, 0.25) is 0 Å². The molecule has 36 heavy (non-hydrogen) atoms. The Kier molecular flexibility index (Phi) is 10.4. The molecule has 1 unspecified atom stereocenters. The van der Waals surface area contributed by atoms with Gasteiger partial charge in [-0.3, -0.25) is 9.59 Å². The molecule has 0 saturated heterocycles. The molecule has 1 saturated carbocycles. The first kappa shape index (κ1) is 27.8. The molecule has 2 aromatic rings. The van der Waals surface area contributed by atoms with Crippen molar-refractivity contribution in [3.63, 3.8) is 0 Å². The van der Waals surface area contributed by atoms with Gasteiger partial charge in [-0.15, -0.1) is 0 Å². The fourth-order valence-electron chi connectivity index (χ4n) is 5.24. The van der Waals surface area contributed by atoms with Crippen LogP contribution in [0.5, 0.6) is 0 Å². The summed E-state index contributed by atoms with van der Waals surface area (Å²) in [6, 6.07) is 14.8. The largest absolute Gasteiger partial charge is 0.481 e. The normalized spacial score (nSPS) is 15.0. The van der Waals surface area contributed by atoms with Crippen LogP contribution >= 0.6 is 0 Å². The predicted octanol–water partition coefficient (Wildman–Crippen LogP) is 7.33. The highest BCUT2D eigenvalue weighted by Crippen LogP contribution is 2.36. The fraction of sp³-hybridized carbons (Fsp3) is 0.548. The molecule has 0 heterocycles. The van der Waals surface area contributed by atoms with E-state index in [4.69, 9.17) is 0 Å². The van der Waals surface area contributed by atoms with Crippen molar-refractivity contribution in [3.05, 3.63) is 59.2 Å². The third-order valence-corrected chi connectivity index (χ3v) is 7.44. The molecule has 1 atom stereocenters. The second-order valence-electron chi connectivity index (χ2n) is 10.9. The first-order valence-electron chi connectivity index (χ1n) is 13.7. The quantitative estimate of drug-likeness (QED) is 0.325. The van der Waals surface area contributed by atoms with Crippen molar-refractivity contribution in [2.75, 3.05) is 16.8 Å². The zero-order valence-corrected chi connectivity index (χ0v) is 22.6. The second-order valence-corrected chi connectivity index (χ2v) is 10.9. The van der Waals surface area contributed by atoms with Gasteiger partial charge < -0.3 is 15.3 Å². The lowest BCUT2D eigenvalue weighted by Crippen LogP contribution is -2.38. The zero-order chi connectivity index (χ0) is 26.1. The minimum absolute atomic E-state index is 0.0454. The molecule has 1 aliphatic rings. The van der Waals surface area contributed by atoms with Gasteiger partial charge in [0, 0.05) is 12.6 Å². The Morgan fingerprint density at radius 1 is 1.06 bits per heavy atom. The number of carboxylic acids is 1. The van der Waals surface area contributed by atoms with E-state index < -0.39 is 5.97 Å². The lowest BCUT2D eigenvalue weighted by molar-refractivity contribution is -0.137. The molecular weight excluding hydrogens is 448 g/mol. The molecule has 0 radical (unpaired) electrons. The van der Waals surface area contributed by atoms with Crippen LogP contribution in [0.4, 0.5) is 11.4 Å². The number of nitrogens with zero attached hydrogens (tertiary/aromatic N) is 1. The van der Waals surface area contributed by atoms with E-state index in [0.29, 0.717) is 18.4 Å². The molecular formula is C31H44N2O3. The molecule has 2 N–H and O–H groups in total. The van der Waals surface area contributed by atoms with E-state index in [2.05, 4.69) is 36.2 Å². The molecule has 5 heteroatoms. The van der Waals surface area contributed by atoms with Crippen LogP contribution in [-0.4, -0.2) is 29.6 Å². The molecule has 0 aromatic heterocycles. The number of carbonyl (C=O) groups is 2.